The van der Waals surface area contributed by atoms with E-state index in [9.17, 15) is 13.2 Å². The lowest BCUT2D eigenvalue weighted by Crippen LogP contribution is -2.41. The van der Waals surface area contributed by atoms with Crippen molar-refractivity contribution in [1.82, 2.24) is 9.29 Å². The van der Waals surface area contributed by atoms with Crippen LogP contribution in [0.2, 0.25) is 0 Å². The van der Waals surface area contributed by atoms with Gasteiger partial charge < -0.3 is 14.2 Å². The fraction of sp³-hybridized carbons (Fsp3) is 0.364. The van der Waals surface area contributed by atoms with Crippen LogP contribution in [-0.4, -0.2) is 64.1 Å². The van der Waals surface area contributed by atoms with Gasteiger partial charge in [-0.3, -0.25) is 10.1 Å². The second kappa shape index (κ2) is 9.64. The number of carbonyl (C=O) groups excluding carboxylic acids is 1. The van der Waals surface area contributed by atoms with E-state index in [0.29, 0.717) is 60.4 Å². The molecule has 0 atom stereocenters. The van der Waals surface area contributed by atoms with Gasteiger partial charge in [0.05, 0.1) is 42.5 Å². The molecule has 1 aliphatic heterocycles. The number of rotatable bonds is 7. The molecule has 33 heavy (non-hydrogen) atoms. The lowest BCUT2D eigenvalue weighted by Gasteiger charge is -2.27. The molecule has 0 spiro atoms. The normalized spacial score (nSPS) is 14.9. The molecule has 1 saturated heterocycles. The highest BCUT2D eigenvalue weighted by molar-refractivity contribution is 7.89. The van der Waals surface area contributed by atoms with Gasteiger partial charge in [-0.1, -0.05) is 24.3 Å². The van der Waals surface area contributed by atoms with Gasteiger partial charge in [0.1, 0.15) is 0 Å². The van der Waals surface area contributed by atoms with Gasteiger partial charge in [0.25, 0.3) is 5.91 Å². The molecule has 0 aliphatic carbocycles. The van der Waals surface area contributed by atoms with E-state index >= 15 is 0 Å². The van der Waals surface area contributed by atoms with Crippen molar-refractivity contribution >= 4 is 42.6 Å². The largest absolute Gasteiger partial charge is 0.493 e. The third-order valence-electron chi connectivity index (χ3n) is 5.41. The highest BCUT2D eigenvalue weighted by Gasteiger charge is 2.29. The van der Waals surface area contributed by atoms with Crippen LogP contribution >= 0.6 is 11.3 Å². The van der Waals surface area contributed by atoms with E-state index in [2.05, 4.69) is 10.3 Å². The number of amides is 1. The van der Waals surface area contributed by atoms with E-state index in [-0.39, 0.29) is 10.5 Å². The van der Waals surface area contributed by atoms with E-state index in [4.69, 9.17) is 14.2 Å². The Labute approximate surface area is 196 Å². The minimum atomic E-state index is -3.74. The van der Waals surface area contributed by atoms with Crippen molar-refractivity contribution in [2.24, 2.45) is 0 Å². The number of anilines is 1. The second-order valence-corrected chi connectivity index (χ2v) is 10.3. The van der Waals surface area contributed by atoms with Crippen LogP contribution in [0.5, 0.6) is 11.5 Å². The number of methoxy groups -OCH3 is 2. The summed E-state index contributed by atoms with van der Waals surface area (Å²) in [7, 11) is -0.643. The first-order valence-electron chi connectivity index (χ1n) is 10.4. The van der Waals surface area contributed by atoms with Crippen molar-refractivity contribution in [2.75, 3.05) is 45.8 Å². The fourth-order valence-electron chi connectivity index (χ4n) is 3.63. The number of carbonyl (C=O) groups is 1. The summed E-state index contributed by atoms with van der Waals surface area (Å²) in [4.78, 5) is 17.6. The van der Waals surface area contributed by atoms with Crippen molar-refractivity contribution in [1.29, 1.82) is 0 Å². The maximum absolute atomic E-state index is 13.2. The molecule has 0 unspecified atom stereocenters. The summed E-state index contributed by atoms with van der Waals surface area (Å²) in [6.45, 7) is 3.18. The third kappa shape index (κ3) is 4.67. The summed E-state index contributed by atoms with van der Waals surface area (Å²) in [6.07, 6.45) is 0.530. The van der Waals surface area contributed by atoms with Crippen molar-refractivity contribution in [3.8, 4) is 11.5 Å². The Kier molecular flexibility index (Phi) is 6.84. The first-order valence-corrected chi connectivity index (χ1v) is 12.7. The lowest BCUT2D eigenvalue weighted by atomic mass is 10.1. The predicted molar refractivity (Wildman–Crippen MR) is 126 cm³/mol. The van der Waals surface area contributed by atoms with E-state index in [0.717, 1.165) is 4.70 Å². The maximum atomic E-state index is 13.2. The first-order chi connectivity index (χ1) is 15.9. The molecule has 0 bridgehead atoms. The summed E-state index contributed by atoms with van der Waals surface area (Å²) in [5.41, 5.74) is 1.57. The Balaban J connectivity index is 1.63. The maximum Gasteiger partial charge on any atom is 0.257 e. The number of nitrogens with zero attached hydrogens (tertiary/aromatic N) is 2. The Hall–Kier alpha value is -2.73. The Morgan fingerprint density at radius 1 is 1.15 bits per heavy atom. The van der Waals surface area contributed by atoms with E-state index in [1.165, 1.54) is 21.7 Å². The van der Waals surface area contributed by atoms with Gasteiger partial charge >= 0.3 is 0 Å². The van der Waals surface area contributed by atoms with Crippen LogP contribution in [0.15, 0.2) is 35.2 Å². The molecule has 2 aromatic carbocycles. The van der Waals surface area contributed by atoms with Crippen LogP contribution in [0, 0.1) is 0 Å². The fourth-order valence-corrected chi connectivity index (χ4v) is 6.23. The minimum absolute atomic E-state index is 0.151. The molecule has 1 N–H and O–H groups in total. The van der Waals surface area contributed by atoms with Crippen LogP contribution in [-0.2, 0) is 21.2 Å². The molecule has 1 fully saturated rings. The first kappa shape index (κ1) is 23.4. The summed E-state index contributed by atoms with van der Waals surface area (Å²) in [6, 6.07) is 8.30. The molecule has 9 nitrogen and oxygen atoms in total. The number of thiazole rings is 1. The van der Waals surface area contributed by atoms with E-state index in [1.54, 1.807) is 38.5 Å². The zero-order valence-electron chi connectivity index (χ0n) is 18.6. The topological polar surface area (TPSA) is 107 Å². The van der Waals surface area contributed by atoms with Crippen molar-refractivity contribution in [3.63, 3.8) is 0 Å². The Morgan fingerprint density at radius 3 is 2.52 bits per heavy atom. The average Bonchev–Trinajstić information content (AvgIpc) is 3.24. The average molecular weight is 492 g/mol. The zero-order valence-corrected chi connectivity index (χ0v) is 20.2. The van der Waals surface area contributed by atoms with Crippen molar-refractivity contribution in [3.05, 3.63) is 41.5 Å². The molecule has 176 valence electrons. The number of morpholine rings is 1. The van der Waals surface area contributed by atoms with Gasteiger partial charge in [-0.25, -0.2) is 13.4 Å². The molecule has 4 rings (SSSR count). The number of sulfonamides is 1. The number of ether oxygens (including phenoxy) is 3. The number of aromatic nitrogens is 1. The van der Waals surface area contributed by atoms with Crippen LogP contribution in [0.1, 0.15) is 22.8 Å². The molecular formula is C22H25N3O6S2. The van der Waals surface area contributed by atoms with Gasteiger partial charge in [-0.15, -0.1) is 0 Å². The zero-order chi connectivity index (χ0) is 23.6. The summed E-state index contributed by atoms with van der Waals surface area (Å²) in [5.74, 6) is 0.676. The monoisotopic (exact) mass is 491 g/mol. The van der Waals surface area contributed by atoms with Crippen LogP contribution < -0.4 is 14.8 Å². The van der Waals surface area contributed by atoms with Crippen molar-refractivity contribution < 1.29 is 27.4 Å². The van der Waals surface area contributed by atoms with Gasteiger partial charge in [0.15, 0.2) is 16.6 Å². The highest BCUT2D eigenvalue weighted by atomic mass is 32.2. The van der Waals surface area contributed by atoms with E-state index in [1.807, 2.05) is 6.92 Å². The Morgan fingerprint density at radius 2 is 1.85 bits per heavy atom. The highest BCUT2D eigenvalue weighted by Crippen LogP contribution is 2.36. The van der Waals surface area contributed by atoms with Crippen molar-refractivity contribution in [2.45, 2.75) is 18.2 Å². The van der Waals surface area contributed by atoms with Crippen LogP contribution in [0.3, 0.4) is 0 Å². The number of hydrogen-bond donors (Lipinski definition) is 1. The molecule has 1 aromatic heterocycles. The number of benzene rings is 2. The molecular weight excluding hydrogens is 466 g/mol. The van der Waals surface area contributed by atoms with Gasteiger partial charge in [0.2, 0.25) is 10.0 Å². The number of nitrogens with one attached hydrogen (secondary N) is 1. The molecule has 11 heteroatoms. The minimum Gasteiger partial charge on any atom is -0.493 e. The number of fused-ring (bicyclic) bond motifs is 1. The van der Waals surface area contributed by atoms with Gasteiger partial charge in [-0.05, 0) is 24.1 Å². The Bertz CT molecular complexity index is 1240. The molecule has 2 heterocycles. The molecule has 0 radical (unpaired) electrons. The quantitative estimate of drug-likeness (QED) is 0.541. The molecule has 0 saturated carbocycles. The second-order valence-electron chi connectivity index (χ2n) is 7.34. The lowest BCUT2D eigenvalue weighted by molar-refractivity contribution is 0.0730. The molecule has 3 aromatic rings. The summed E-state index contributed by atoms with van der Waals surface area (Å²) < 4.78 is 44.6. The van der Waals surface area contributed by atoms with Gasteiger partial charge in [-0.2, -0.15) is 4.31 Å². The van der Waals surface area contributed by atoms with Crippen LogP contribution in [0.25, 0.3) is 10.2 Å². The molecule has 1 aliphatic rings. The summed E-state index contributed by atoms with van der Waals surface area (Å²) in [5, 5.41) is 3.17. The van der Waals surface area contributed by atoms with Crippen LogP contribution in [0.4, 0.5) is 5.13 Å². The SMILES string of the molecule is CCc1ccc(C(=O)Nc2nc3cc(OC)c(OC)cc3s2)cc1S(=O)(=O)N1CCOCC1. The molecule has 1 amide bonds. The van der Waals surface area contributed by atoms with Gasteiger partial charge in [0, 0.05) is 30.8 Å². The number of aryl methyl sites for hydroxylation is 1. The number of hydrogen-bond acceptors (Lipinski definition) is 8. The standard InChI is InChI=1S/C22H25N3O6S2/c1-4-14-5-6-15(11-20(14)33(27,28)25-7-9-31-10-8-25)21(26)24-22-23-16-12-17(29-2)18(30-3)13-19(16)32-22/h5-6,11-13H,4,7-10H2,1-3H3,(H,23,24,26). The van der Waals surface area contributed by atoms with E-state index < -0.39 is 15.9 Å². The summed E-state index contributed by atoms with van der Waals surface area (Å²) >= 11 is 1.29. The third-order valence-corrected chi connectivity index (χ3v) is 8.33. The smallest absolute Gasteiger partial charge is 0.257 e. The predicted octanol–water partition coefficient (Wildman–Crippen LogP) is 3.15.